The summed E-state index contributed by atoms with van der Waals surface area (Å²) in [4.78, 5) is 30.5. The van der Waals surface area contributed by atoms with Crippen molar-refractivity contribution in [2.75, 3.05) is 13.2 Å². The third-order valence-electron chi connectivity index (χ3n) is 7.69. The number of carbonyl (C=O) groups is 2. The summed E-state index contributed by atoms with van der Waals surface area (Å²) in [5, 5.41) is 3.36. The molecule has 0 bridgehead atoms. The Morgan fingerprint density at radius 2 is 1.57 bits per heavy atom. The second-order valence-corrected chi connectivity index (χ2v) is 16.2. The molecule has 0 spiro atoms. The summed E-state index contributed by atoms with van der Waals surface area (Å²) in [7, 11) is -2.85. The minimum absolute atomic E-state index is 0.121. The van der Waals surface area contributed by atoms with Crippen molar-refractivity contribution < 1.29 is 37.8 Å². The Labute approximate surface area is 236 Å². The van der Waals surface area contributed by atoms with Crippen LogP contribution >= 0.6 is 0 Å². The standard InChI is InChI=1S/C30H39NO8Si/c1-7-34-28(33)22-18-24(32)39-31(22)27-26-25(37-30(5,6)38-26)23(36-27)19-35-40(29(2,3)4,20-14-10-8-11-15-20)21-16-12-9-13-17-21/h8-17,22-23,25-27H,7,18-19H2,1-6H3/t22-,23-,25-,26-,27-/m1/s1. The summed E-state index contributed by atoms with van der Waals surface area (Å²) < 4.78 is 31.4. The third-order valence-corrected chi connectivity index (χ3v) is 12.7. The van der Waals surface area contributed by atoms with Crippen LogP contribution in [0.4, 0.5) is 0 Å². The fourth-order valence-electron chi connectivity index (χ4n) is 6.09. The van der Waals surface area contributed by atoms with E-state index in [4.69, 9.17) is 28.2 Å². The van der Waals surface area contributed by atoms with Gasteiger partial charge in [0.25, 0.3) is 8.32 Å². The largest absolute Gasteiger partial charge is 0.465 e. The van der Waals surface area contributed by atoms with Crippen LogP contribution in [0.1, 0.15) is 48.0 Å². The van der Waals surface area contributed by atoms with Crippen LogP contribution in [0.15, 0.2) is 60.7 Å². The number of ether oxygens (including phenoxy) is 4. The lowest BCUT2D eigenvalue weighted by Gasteiger charge is -2.43. The molecule has 0 N–H and O–H groups in total. The van der Waals surface area contributed by atoms with E-state index in [0.717, 1.165) is 10.4 Å². The second kappa shape index (κ2) is 11.0. The lowest BCUT2D eigenvalue weighted by atomic mass is 10.1. The fourth-order valence-corrected chi connectivity index (χ4v) is 10.7. The predicted octanol–water partition coefficient (Wildman–Crippen LogP) is 2.90. The Morgan fingerprint density at radius 1 is 1.00 bits per heavy atom. The summed E-state index contributed by atoms with van der Waals surface area (Å²) in [5.74, 6) is -1.96. The van der Waals surface area contributed by atoms with Gasteiger partial charge in [0.15, 0.2) is 18.1 Å². The molecule has 10 heteroatoms. The monoisotopic (exact) mass is 569 g/mol. The highest BCUT2D eigenvalue weighted by Crippen LogP contribution is 2.43. The Bertz CT molecular complexity index is 1160. The van der Waals surface area contributed by atoms with E-state index < -0.39 is 56.6 Å². The second-order valence-electron chi connectivity index (χ2n) is 11.9. The number of nitrogens with zero attached hydrogens (tertiary/aromatic N) is 1. The molecule has 0 radical (unpaired) electrons. The molecule has 2 aromatic rings. The van der Waals surface area contributed by atoms with Gasteiger partial charge in [0.05, 0.1) is 19.6 Å². The number of hydroxylamine groups is 2. The summed E-state index contributed by atoms with van der Waals surface area (Å²) >= 11 is 0. The van der Waals surface area contributed by atoms with E-state index in [0.29, 0.717) is 0 Å². The Balaban J connectivity index is 1.47. The van der Waals surface area contributed by atoms with E-state index in [-0.39, 0.29) is 24.7 Å². The number of benzene rings is 2. The van der Waals surface area contributed by atoms with Crippen molar-refractivity contribution in [1.82, 2.24) is 5.06 Å². The maximum absolute atomic E-state index is 12.7. The van der Waals surface area contributed by atoms with Crippen LogP contribution in [0.5, 0.6) is 0 Å². The minimum Gasteiger partial charge on any atom is -0.465 e. The highest BCUT2D eigenvalue weighted by Gasteiger charge is 2.61. The lowest BCUT2D eigenvalue weighted by molar-refractivity contribution is -0.269. The summed E-state index contributed by atoms with van der Waals surface area (Å²) in [5.41, 5.74) is 0. The zero-order valence-corrected chi connectivity index (χ0v) is 25.0. The summed E-state index contributed by atoms with van der Waals surface area (Å²) in [6.07, 6.45) is -2.63. The van der Waals surface area contributed by atoms with Crippen molar-refractivity contribution in [2.24, 2.45) is 0 Å². The van der Waals surface area contributed by atoms with Gasteiger partial charge < -0.3 is 28.2 Å². The number of esters is 1. The maximum atomic E-state index is 12.7. The molecule has 0 unspecified atom stereocenters. The molecule has 216 valence electrons. The van der Waals surface area contributed by atoms with Crippen LogP contribution in [0, 0.1) is 0 Å². The van der Waals surface area contributed by atoms with Gasteiger partial charge in [0.1, 0.15) is 18.3 Å². The SMILES string of the molecule is CCOC(=O)[C@H]1CC(=O)ON1[C@@H]1O[C@H](CO[Si](c2ccccc2)(c2ccccc2)C(C)(C)C)[C@H]2OC(C)(C)O[C@H]21. The number of hydrogen-bond donors (Lipinski definition) is 0. The quantitative estimate of drug-likeness (QED) is 0.352. The molecule has 3 heterocycles. The van der Waals surface area contributed by atoms with Gasteiger partial charge in [0, 0.05) is 0 Å². The number of rotatable bonds is 8. The molecule has 0 aliphatic carbocycles. The third kappa shape index (κ3) is 5.24. The van der Waals surface area contributed by atoms with Gasteiger partial charge in [-0.1, -0.05) is 86.5 Å². The van der Waals surface area contributed by atoms with E-state index >= 15 is 0 Å². The molecule has 0 aromatic heterocycles. The fraction of sp³-hybridized carbons (Fsp3) is 0.533. The molecule has 3 saturated heterocycles. The first kappa shape index (κ1) is 28.9. The van der Waals surface area contributed by atoms with Gasteiger partial charge in [-0.3, -0.25) is 9.59 Å². The molecule has 40 heavy (non-hydrogen) atoms. The van der Waals surface area contributed by atoms with Crippen LogP contribution in [0.2, 0.25) is 5.04 Å². The maximum Gasteiger partial charge on any atom is 0.327 e. The van der Waals surface area contributed by atoms with Gasteiger partial charge >= 0.3 is 11.9 Å². The molecule has 3 aliphatic heterocycles. The zero-order valence-electron chi connectivity index (χ0n) is 24.0. The molecule has 0 saturated carbocycles. The highest BCUT2D eigenvalue weighted by molar-refractivity contribution is 6.99. The van der Waals surface area contributed by atoms with E-state index in [9.17, 15) is 9.59 Å². The van der Waals surface area contributed by atoms with Crippen molar-refractivity contribution in [3.63, 3.8) is 0 Å². The smallest absolute Gasteiger partial charge is 0.327 e. The first-order valence-electron chi connectivity index (χ1n) is 13.9. The first-order valence-corrected chi connectivity index (χ1v) is 15.8. The molecule has 9 nitrogen and oxygen atoms in total. The topological polar surface area (TPSA) is 92.8 Å². The number of carbonyl (C=O) groups excluding carboxylic acids is 2. The average Bonchev–Trinajstić information content (AvgIpc) is 3.55. The van der Waals surface area contributed by atoms with E-state index in [1.165, 1.54) is 5.06 Å². The molecule has 3 fully saturated rings. The predicted molar refractivity (Wildman–Crippen MR) is 149 cm³/mol. The van der Waals surface area contributed by atoms with Crippen molar-refractivity contribution in [3.8, 4) is 0 Å². The Hall–Kier alpha value is -2.60. The van der Waals surface area contributed by atoms with Crippen LogP contribution in [-0.4, -0.2) is 74.9 Å². The van der Waals surface area contributed by atoms with E-state index in [1.807, 2.05) is 50.2 Å². The van der Waals surface area contributed by atoms with E-state index in [1.54, 1.807) is 6.92 Å². The van der Waals surface area contributed by atoms with Crippen molar-refractivity contribution in [1.29, 1.82) is 0 Å². The number of hydrogen-bond acceptors (Lipinski definition) is 9. The molecule has 2 aromatic carbocycles. The molecular formula is C30H39NO8Si. The van der Waals surface area contributed by atoms with Crippen LogP contribution in [-0.2, 0) is 37.8 Å². The van der Waals surface area contributed by atoms with Crippen LogP contribution in [0.3, 0.4) is 0 Å². The van der Waals surface area contributed by atoms with Crippen molar-refractivity contribution in [3.05, 3.63) is 60.7 Å². The Morgan fingerprint density at radius 3 is 2.12 bits per heavy atom. The number of fused-ring (bicyclic) bond motifs is 1. The normalized spacial score (nSPS) is 28.4. The minimum atomic E-state index is -2.85. The molecular weight excluding hydrogens is 530 g/mol. The van der Waals surface area contributed by atoms with Crippen LogP contribution in [0.25, 0.3) is 0 Å². The molecule has 5 atom stereocenters. The molecule has 5 rings (SSSR count). The van der Waals surface area contributed by atoms with Gasteiger partial charge in [-0.25, -0.2) is 0 Å². The van der Waals surface area contributed by atoms with Gasteiger partial charge in [-0.15, -0.1) is 0 Å². The van der Waals surface area contributed by atoms with Crippen molar-refractivity contribution >= 4 is 30.6 Å². The van der Waals surface area contributed by atoms with Crippen LogP contribution < -0.4 is 10.4 Å². The summed E-state index contributed by atoms with van der Waals surface area (Å²) in [6, 6.07) is 19.8. The Kier molecular flexibility index (Phi) is 7.95. The average molecular weight is 570 g/mol. The molecule has 0 amide bonds. The van der Waals surface area contributed by atoms with Gasteiger partial charge in [-0.05, 0) is 36.2 Å². The lowest BCUT2D eigenvalue weighted by Crippen LogP contribution is -2.67. The highest BCUT2D eigenvalue weighted by atomic mass is 28.4. The first-order chi connectivity index (χ1) is 19.0. The van der Waals surface area contributed by atoms with Crippen molar-refractivity contribution in [2.45, 2.75) is 89.4 Å². The zero-order chi connectivity index (χ0) is 28.7. The molecule has 3 aliphatic rings. The van der Waals surface area contributed by atoms with Gasteiger partial charge in [-0.2, -0.15) is 0 Å². The summed E-state index contributed by atoms with van der Waals surface area (Å²) in [6.45, 7) is 12.4. The van der Waals surface area contributed by atoms with E-state index in [2.05, 4.69) is 45.0 Å². The van der Waals surface area contributed by atoms with Gasteiger partial charge in [0.2, 0.25) is 0 Å².